The Balaban J connectivity index is 2.11. The Morgan fingerprint density at radius 3 is 1.58 bits per heavy atom. The molecule has 0 aliphatic heterocycles. The molecule has 1 atom stereocenters. The molecule has 2 rings (SSSR count). The van der Waals surface area contributed by atoms with Crippen LogP contribution in [0, 0.1) is 0 Å². The molecule has 0 aliphatic carbocycles. The van der Waals surface area contributed by atoms with Crippen LogP contribution in [0.4, 0.5) is 0 Å². The van der Waals surface area contributed by atoms with Gasteiger partial charge in [0, 0.05) is 5.56 Å². The Hall–Kier alpha value is -2.99. The van der Waals surface area contributed by atoms with Crippen molar-refractivity contribution in [2.75, 3.05) is 13.2 Å². The second-order valence-corrected chi connectivity index (χ2v) is 5.41. The van der Waals surface area contributed by atoms with Gasteiger partial charge in [-0.25, -0.2) is 9.59 Å². The van der Waals surface area contributed by atoms with Gasteiger partial charge < -0.3 is 14.6 Å². The number of esters is 2. The molecule has 1 unspecified atom stereocenters. The summed E-state index contributed by atoms with van der Waals surface area (Å²) in [5.74, 6) is -1.44. The second kappa shape index (κ2) is 8.92. The summed E-state index contributed by atoms with van der Waals surface area (Å²) < 4.78 is 9.77. The van der Waals surface area contributed by atoms with Crippen molar-refractivity contribution in [3.63, 3.8) is 0 Å². The highest BCUT2D eigenvalue weighted by atomic mass is 16.5. The molecule has 0 radical (unpaired) electrons. The van der Waals surface area contributed by atoms with Gasteiger partial charge in [0.25, 0.3) is 0 Å². The Morgan fingerprint density at radius 2 is 1.15 bits per heavy atom. The Kier molecular flexibility index (Phi) is 6.63. The molecule has 26 heavy (non-hydrogen) atoms. The van der Waals surface area contributed by atoms with Gasteiger partial charge in [-0.1, -0.05) is 24.3 Å². The number of rotatable bonds is 7. The molecule has 136 valence electrons. The van der Waals surface area contributed by atoms with Crippen LogP contribution in [-0.4, -0.2) is 36.0 Å². The SMILES string of the molecule is CCOC(=O)c1ccc(C(=O)C(O)c2ccc(C(=O)OCC)cc2)cc1. The third kappa shape index (κ3) is 4.55. The smallest absolute Gasteiger partial charge is 0.338 e. The van der Waals surface area contributed by atoms with E-state index in [2.05, 4.69) is 0 Å². The maximum Gasteiger partial charge on any atom is 0.338 e. The molecule has 0 saturated heterocycles. The number of carbonyl (C=O) groups excluding carboxylic acids is 3. The molecule has 2 aromatic rings. The third-order valence-electron chi connectivity index (χ3n) is 3.67. The van der Waals surface area contributed by atoms with Gasteiger partial charge >= 0.3 is 11.9 Å². The lowest BCUT2D eigenvalue weighted by Crippen LogP contribution is -2.13. The molecule has 1 N–H and O–H groups in total. The average Bonchev–Trinajstić information content (AvgIpc) is 2.67. The Morgan fingerprint density at radius 1 is 0.769 bits per heavy atom. The number of Topliss-reactive ketones (excluding diaryl/α,β-unsaturated/α-hetero) is 1. The summed E-state index contributed by atoms with van der Waals surface area (Å²) in [4.78, 5) is 35.7. The zero-order chi connectivity index (χ0) is 19.1. The van der Waals surface area contributed by atoms with Crippen molar-refractivity contribution in [2.24, 2.45) is 0 Å². The summed E-state index contributed by atoms with van der Waals surface area (Å²) in [6.45, 7) is 3.95. The molecule has 0 bridgehead atoms. The summed E-state index contributed by atoms with van der Waals surface area (Å²) in [6, 6.07) is 11.9. The lowest BCUT2D eigenvalue weighted by molar-refractivity contribution is 0.0516. The first-order valence-corrected chi connectivity index (χ1v) is 8.24. The van der Waals surface area contributed by atoms with Crippen molar-refractivity contribution in [1.29, 1.82) is 0 Å². The van der Waals surface area contributed by atoms with Crippen LogP contribution in [-0.2, 0) is 9.47 Å². The molecule has 0 aliphatic rings. The summed E-state index contributed by atoms with van der Waals surface area (Å²) in [7, 11) is 0. The minimum absolute atomic E-state index is 0.264. The highest BCUT2D eigenvalue weighted by Crippen LogP contribution is 2.20. The minimum Gasteiger partial charge on any atom is -0.462 e. The monoisotopic (exact) mass is 356 g/mol. The number of aliphatic hydroxyl groups is 1. The standard InChI is InChI=1S/C20H20O6/c1-3-25-19(23)15-9-5-13(6-10-15)17(21)18(22)14-7-11-16(12-8-14)20(24)26-4-2/h5-12,17,21H,3-4H2,1-2H3. The largest absolute Gasteiger partial charge is 0.462 e. The van der Waals surface area contributed by atoms with Crippen LogP contribution < -0.4 is 0 Å². The highest BCUT2D eigenvalue weighted by molar-refractivity contribution is 6.01. The van der Waals surface area contributed by atoms with Crippen molar-refractivity contribution in [2.45, 2.75) is 20.0 Å². The summed E-state index contributed by atoms with van der Waals surface area (Å²) in [5, 5.41) is 10.3. The maximum absolute atomic E-state index is 12.4. The van der Waals surface area contributed by atoms with E-state index in [0.29, 0.717) is 16.7 Å². The van der Waals surface area contributed by atoms with Gasteiger partial charge in [0.05, 0.1) is 24.3 Å². The molecule has 0 heterocycles. The number of aliphatic hydroxyl groups excluding tert-OH is 1. The number of ketones is 1. The molecule has 0 fully saturated rings. The molecule has 0 amide bonds. The molecule has 0 spiro atoms. The van der Waals surface area contributed by atoms with Gasteiger partial charge in [0.1, 0.15) is 6.10 Å². The molecule has 6 nitrogen and oxygen atoms in total. The second-order valence-electron chi connectivity index (χ2n) is 5.41. The summed E-state index contributed by atoms with van der Waals surface area (Å²) in [5.41, 5.74) is 1.29. The van der Waals surface area contributed by atoms with Gasteiger partial charge in [0.15, 0.2) is 5.78 Å². The van der Waals surface area contributed by atoms with Gasteiger partial charge in [-0.15, -0.1) is 0 Å². The van der Waals surface area contributed by atoms with E-state index in [0.717, 1.165) is 0 Å². The molecule has 2 aromatic carbocycles. The normalized spacial score (nSPS) is 11.5. The van der Waals surface area contributed by atoms with E-state index in [1.54, 1.807) is 13.8 Å². The third-order valence-corrected chi connectivity index (χ3v) is 3.67. The van der Waals surface area contributed by atoms with Crippen LogP contribution in [0.25, 0.3) is 0 Å². The topological polar surface area (TPSA) is 89.9 Å². The molecule has 0 saturated carbocycles. The number of carbonyl (C=O) groups is 3. The van der Waals surface area contributed by atoms with E-state index < -0.39 is 23.8 Å². The first-order valence-electron chi connectivity index (χ1n) is 8.24. The maximum atomic E-state index is 12.4. The minimum atomic E-state index is -1.38. The van der Waals surface area contributed by atoms with E-state index in [4.69, 9.17) is 9.47 Å². The van der Waals surface area contributed by atoms with Gasteiger partial charge in [-0.2, -0.15) is 0 Å². The van der Waals surface area contributed by atoms with Gasteiger partial charge in [-0.05, 0) is 43.7 Å². The number of hydrogen-bond donors (Lipinski definition) is 1. The molecular weight excluding hydrogens is 336 g/mol. The lowest BCUT2D eigenvalue weighted by Gasteiger charge is -2.11. The van der Waals surface area contributed by atoms with Crippen molar-refractivity contribution in [1.82, 2.24) is 0 Å². The van der Waals surface area contributed by atoms with Crippen LogP contribution in [0.15, 0.2) is 48.5 Å². The van der Waals surface area contributed by atoms with E-state index in [1.807, 2.05) is 0 Å². The average molecular weight is 356 g/mol. The van der Waals surface area contributed by atoms with Crippen LogP contribution >= 0.6 is 0 Å². The van der Waals surface area contributed by atoms with Crippen molar-refractivity contribution in [3.8, 4) is 0 Å². The summed E-state index contributed by atoms with van der Waals surface area (Å²) in [6.07, 6.45) is -1.38. The van der Waals surface area contributed by atoms with E-state index in [-0.39, 0.29) is 18.8 Å². The number of hydrogen-bond acceptors (Lipinski definition) is 6. The predicted molar refractivity (Wildman–Crippen MR) is 94.1 cm³/mol. The zero-order valence-electron chi connectivity index (χ0n) is 14.6. The van der Waals surface area contributed by atoms with Crippen LogP contribution in [0.2, 0.25) is 0 Å². The molecule has 0 aromatic heterocycles. The van der Waals surface area contributed by atoms with E-state index in [9.17, 15) is 19.5 Å². The predicted octanol–water partition coefficient (Wildman–Crippen LogP) is 2.96. The van der Waals surface area contributed by atoms with Crippen molar-refractivity contribution < 1.29 is 29.0 Å². The highest BCUT2D eigenvalue weighted by Gasteiger charge is 2.20. The van der Waals surface area contributed by atoms with Crippen molar-refractivity contribution in [3.05, 3.63) is 70.8 Å². The fraction of sp³-hybridized carbons (Fsp3) is 0.250. The molecular formula is C20H20O6. The van der Waals surface area contributed by atoms with Crippen LogP contribution in [0.5, 0.6) is 0 Å². The fourth-order valence-electron chi connectivity index (χ4n) is 2.31. The van der Waals surface area contributed by atoms with Gasteiger partial charge in [-0.3, -0.25) is 4.79 Å². The quantitative estimate of drug-likeness (QED) is 0.606. The fourth-order valence-corrected chi connectivity index (χ4v) is 2.31. The van der Waals surface area contributed by atoms with Crippen molar-refractivity contribution >= 4 is 17.7 Å². The lowest BCUT2D eigenvalue weighted by atomic mass is 9.98. The molecule has 6 heteroatoms. The van der Waals surface area contributed by atoms with E-state index in [1.165, 1.54) is 48.5 Å². The first kappa shape index (κ1) is 19.3. The summed E-state index contributed by atoms with van der Waals surface area (Å²) >= 11 is 0. The van der Waals surface area contributed by atoms with Crippen LogP contribution in [0.1, 0.15) is 56.6 Å². The zero-order valence-corrected chi connectivity index (χ0v) is 14.6. The number of benzene rings is 2. The number of ether oxygens (including phenoxy) is 2. The first-order chi connectivity index (χ1) is 12.5. The Labute approximate surface area is 151 Å². The Bertz CT molecular complexity index is 777. The van der Waals surface area contributed by atoms with E-state index >= 15 is 0 Å². The van der Waals surface area contributed by atoms with Crippen LogP contribution in [0.3, 0.4) is 0 Å². The van der Waals surface area contributed by atoms with Gasteiger partial charge in [0.2, 0.25) is 0 Å².